The number of hydrogen-bond donors (Lipinski definition) is 1. The molecule has 1 aliphatic rings. The summed E-state index contributed by atoms with van der Waals surface area (Å²) in [7, 11) is 0. The highest BCUT2D eigenvalue weighted by Gasteiger charge is 2.18. The van der Waals surface area contributed by atoms with Gasteiger partial charge in [0.15, 0.2) is 0 Å². The van der Waals surface area contributed by atoms with Crippen LogP contribution in [0.2, 0.25) is 0 Å². The van der Waals surface area contributed by atoms with Crippen molar-refractivity contribution in [3.63, 3.8) is 0 Å². The molecule has 0 amide bonds. The fourth-order valence-corrected chi connectivity index (χ4v) is 2.95. The lowest BCUT2D eigenvalue weighted by Gasteiger charge is -2.17. The second-order valence-electron chi connectivity index (χ2n) is 4.31. The van der Waals surface area contributed by atoms with Crippen LogP contribution in [0.3, 0.4) is 0 Å². The van der Waals surface area contributed by atoms with Crippen LogP contribution in [-0.4, -0.2) is 21.8 Å². The predicted molar refractivity (Wildman–Crippen MR) is 68.9 cm³/mol. The summed E-state index contributed by atoms with van der Waals surface area (Å²) in [5, 5.41) is 9.91. The Morgan fingerprint density at radius 3 is 2.94 bits per heavy atom. The molecule has 1 N–H and O–H groups in total. The Kier molecular flexibility index (Phi) is 4.05. The summed E-state index contributed by atoms with van der Waals surface area (Å²) in [5.74, 6) is 0.0657. The molecule has 0 saturated carbocycles. The third kappa shape index (κ3) is 2.80. The second kappa shape index (κ2) is 5.54. The summed E-state index contributed by atoms with van der Waals surface area (Å²) in [4.78, 5) is 15.8. The fourth-order valence-electron chi connectivity index (χ4n) is 2.08. The average Bonchev–Trinajstić information content (AvgIpc) is 2.35. The minimum absolute atomic E-state index is 0.379. The molecule has 4 heteroatoms. The summed E-state index contributed by atoms with van der Waals surface area (Å²) in [6.45, 7) is 2.09. The second-order valence-corrected chi connectivity index (χ2v) is 5.39. The van der Waals surface area contributed by atoms with Crippen molar-refractivity contribution >= 4 is 17.7 Å². The number of thioether (sulfide) groups is 1. The molecule has 2 rings (SSSR count). The van der Waals surface area contributed by atoms with Gasteiger partial charge in [-0.05, 0) is 49.5 Å². The van der Waals surface area contributed by atoms with E-state index in [-0.39, 0.29) is 0 Å². The van der Waals surface area contributed by atoms with Gasteiger partial charge in [0.25, 0.3) is 0 Å². The number of carboxylic acid groups (broad SMARTS) is 1. The van der Waals surface area contributed by atoms with E-state index in [2.05, 4.69) is 11.9 Å². The first-order valence-corrected chi connectivity index (χ1v) is 7.09. The first kappa shape index (κ1) is 12.4. The molecule has 0 radical (unpaired) electrons. The third-order valence-corrected chi connectivity index (χ3v) is 4.14. The zero-order valence-corrected chi connectivity index (χ0v) is 10.8. The first-order valence-electron chi connectivity index (χ1n) is 6.11. The Hall–Kier alpha value is -1.03. The number of aromatic nitrogens is 1. The molecule has 0 fully saturated rings. The molecule has 0 bridgehead atoms. The number of carboxylic acids is 1. The maximum Gasteiger partial charge on any atom is 0.338 e. The topological polar surface area (TPSA) is 50.2 Å². The molecule has 0 aliphatic heterocycles. The van der Waals surface area contributed by atoms with Gasteiger partial charge >= 0.3 is 5.97 Å². The number of rotatable bonds is 4. The van der Waals surface area contributed by atoms with Crippen LogP contribution in [0.1, 0.15) is 47.8 Å². The third-order valence-electron chi connectivity index (χ3n) is 2.94. The Morgan fingerprint density at radius 2 is 2.24 bits per heavy atom. The molecular formula is C13H17NO2S. The van der Waals surface area contributed by atoms with Crippen LogP contribution in [0.25, 0.3) is 0 Å². The van der Waals surface area contributed by atoms with Gasteiger partial charge < -0.3 is 5.11 Å². The minimum Gasteiger partial charge on any atom is -0.478 e. The van der Waals surface area contributed by atoms with Gasteiger partial charge in [0.2, 0.25) is 0 Å². The van der Waals surface area contributed by atoms with Crippen LogP contribution in [-0.2, 0) is 12.8 Å². The van der Waals surface area contributed by atoms with E-state index in [1.54, 1.807) is 11.8 Å². The Morgan fingerprint density at radius 1 is 1.47 bits per heavy atom. The number of hydrogen-bond acceptors (Lipinski definition) is 3. The average molecular weight is 251 g/mol. The molecule has 92 valence electrons. The van der Waals surface area contributed by atoms with Gasteiger partial charge in [-0.2, -0.15) is 0 Å². The van der Waals surface area contributed by atoms with E-state index in [0.29, 0.717) is 10.6 Å². The van der Waals surface area contributed by atoms with Crippen molar-refractivity contribution < 1.29 is 9.90 Å². The Balaban J connectivity index is 2.37. The molecule has 0 spiro atoms. The first-order chi connectivity index (χ1) is 8.22. The van der Waals surface area contributed by atoms with Crippen LogP contribution >= 0.6 is 11.8 Å². The van der Waals surface area contributed by atoms with Gasteiger partial charge in [0, 0.05) is 5.69 Å². The van der Waals surface area contributed by atoms with Crippen LogP contribution in [0.4, 0.5) is 0 Å². The van der Waals surface area contributed by atoms with Gasteiger partial charge in [-0.25, -0.2) is 9.78 Å². The Bertz CT molecular complexity index is 432. The highest BCUT2D eigenvalue weighted by molar-refractivity contribution is 7.99. The van der Waals surface area contributed by atoms with Crippen molar-refractivity contribution in [3.8, 4) is 0 Å². The van der Waals surface area contributed by atoms with E-state index in [0.717, 1.165) is 42.7 Å². The number of nitrogens with zero attached hydrogens (tertiary/aromatic N) is 1. The van der Waals surface area contributed by atoms with Crippen LogP contribution in [0.15, 0.2) is 11.1 Å². The quantitative estimate of drug-likeness (QED) is 0.835. The van der Waals surface area contributed by atoms with Crippen LogP contribution in [0, 0.1) is 0 Å². The van der Waals surface area contributed by atoms with Gasteiger partial charge in [0.05, 0.1) is 5.56 Å². The van der Waals surface area contributed by atoms with Crippen molar-refractivity contribution in [2.45, 2.75) is 44.1 Å². The number of fused-ring (bicyclic) bond motifs is 1. The normalized spacial score (nSPS) is 14.4. The standard InChI is InChI=1S/C13H17NO2S/c1-2-7-17-12-10(13(15)16)8-9-5-3-4-6-11(9)14-12/h8H,2-7H2,1H3,(H,15,16). The highest BCUT2D eigenvalue weighted by atomic mass is 32.2. The van der Waals surface area contributed by atoms with Crippen LogP contribution < -0.4 is 0 Å². The van der Waals surface area contributed by atoms with Crippen molar-refractivity contribution in [2.24, 2.45) is 0 Å². The molecule has 0 saturated heterocycles. The molecule has 0 unspecified atom stereocenters. The lowest BCUT2D eigenvalue weighted by atomic mass is 9.95. The molecule has 1 aliphatic carbocycles. The molecule has 0 atom stereocenters. The Labute approximate surface area is 106 Å². The zero-order chi connectivity index (χ0) is 12.3. The molecule has 1 aromatic heterocycles. The molecule has 0 aromatic carbocycles. The van der Waals surface area contributed by atoms with E-state index in [9.17, 15) is 9.90 Å². The molecule has 1 aromatic rings. The maximum atomic E-state index is 11.2. The molecule has 1 heterocycles. The lowest BCUT2D eigenvalue weighted by Crippen LogP contribution is -2.10. The number of pyridine rings is 1. The zero-order valence-electron chi connectivity index (χ0n) is 10.0. The van der Waals surface area contributed by atoms with E-state index in [4.69, 9.17) is 0 Å². The van der Waals surface area contributed by atoms with Gasteiger partial charge in [-0.3, -0.25) is 0 Å². The monoisotopic (exact) mass is 251 g/mol. The maximum absolute atomic E-state index is 11.2. The van der Waals surface area contributed by atoms with E-state index in [1.807, 2.05) is 6.07 Å². The smallest absolute Gasteiger partial charge is 0.338 e. The summed E-state index contributed by atoms with van der Waals surface area (Å²) >= 11 is 1.56. The summed E-state index contributed by atoms with van der Waals surface area (Å²) in [6, 6.07) is 1.84. The molecular weight excluding hydrogens is 234 g/mol. The summed E-state index contributed by atoms with van der Waals surface area (Å²) < 4.78 is 0. The number of aromatic carboxylic acids is 1. The van der Waals surface area contributed by atoms with E-state index >= 15 is 0 Å². The van der Waals surface area contributed by atoms with Crippen molar-refractivity contribution in [3.05, 3.63) is 22.9 Å². The van der Waals surface area contributed by atoms with Crippen molar-refractivity contribution in [2.75, 3.05) is 5.75 Å². The van der Waals surface area contributed by atoms with E-state index < -0.39 is 5.97 Å². The highest BCUT2D eigenvalue weighted by Crippen LogP contribution is 2.27. The predicted octanol–water partition coefficient (Wildman–Crippen LogP) is 3.16. The SMILES string of the molecule is CCCSc1nc2c(cc1C(=O)O)CCCC2. The van der Waals surface area contributed by atoms with Crippen molar-refractivity contribution in [1.29, 1.82) is 0 Å². The molecule has 3 nitrogen and oxygen atoms in total. The largest absolute Gasteiger partial charge is 0.478 e. The number of aryl methyl sites for hydroxylation is 2. The number of carbonyl (C=O) groups is 1. The lowest BCUT2D eigenvalue weighted by molar-refractivity contribution is 0.0692. The van der Waals surface area contributed by atoms with Gasteiger partial charge in [-0.15, -0.1) is 11.8 Å². The van der Waals surface area contributed by atoms with E-state index in [1.165, 1.54) is 6.42 Å². The van der Waals surface area contributed by atoms with Crippen LogP contribution in [0.5, 0.6) is 0 Å². The summed E-state index contributed by atoms with van der Waals surface area (Å²) in [5.41, 5.74) is 2.62. The summed E-state index contributed by atoms with van der Waals surface area (Å²) in [6.07, 6.45) is 5.32. The van der Waals surface area contributed by atoms with Crippen molar-refractivity contribution in [1.82, 2.24) is 4.98 Å². The molecule has 17 heavy (non-hydrogen) atoms. The van der Waals surface area contributed by atoms with Gasteiger partial charge in [-0.1, -0.05) is 6.92 Å². The fraction of sp³-hybridized carbons (Fsp3) is 0.538. The van der Waals surface area contributed by atoms with Gasteiger partial charge in [0.1, 0.15) is 5.03 Å². The minimum atomic E-state index is -0.857.